The topological polar surface area (TPSA) is 381 Å². The molecule has 0 saturated carbocycles. The SMILES string of the molecule is CC(C)C(=O)[C@H](C)NC(=O)[C@@H](NC(=O)[C@@H](CCCCNC(=O)COC1CCCCC/C(NCCOCCOCCOCCOCCOCCP(=O)(O)O)=C\1N=N)NC(=O)CCOCCOCCOCCOCCNC(=O)CCC(=O)N1Cc2ccccc2C#Cc2ccccc21)C(C)C. The van der Waals surface area contributed by atoms with Crippen LogP contribution in [-0.4, -0.2) is 227 Å². The van der Waals surface area contributed by atoms with Gasteiger partial charge in [0.1, 0.15) is 30.5 Å². The molecule has 0 bridgehead atoms. The Morgan fingerprint density at radius 2 is 1.15 bits per heavy atom. The van der Waals surface area contributed by atoms with Gasteiger partial charge < -0.3 is 94.0 Å². The molecule has 9 N–H and O–H groups in total. The molecule has 0 fully saturated rings. The first kappa shape index (κ1) is 84.8. The summed E-state index contributed by atoms with van der Waals surface area (Å²) in [5, 5.41) is 21.1. The highest BCUT2D eigenvalue weighted by Crippen LogP contribution is 2.33. The van der Waals surface area contributed by atoms with Crippen molar-refractivity contribution in [3.05, 3.63) is 76.6 Å². The Bertz CT molecular complexity index is 2900. The van der Waals surface area contributed by atoms with Gasteiger partial charge in [0.15, 0.2) is 5.78 Å². The lowest BCUT2D eigenvalue weighted by atomic mass is 9.99. The summed E-state index contributed by atoms with van der Waals surface area (Å²) in [6, 6.07) is 12.4. The van der Waals surface area contributed by atoms with Gasteiger partial charge in [-0.15, -0.1) is 0 Å². The fourth-order valence-corrected chi connectivity index (χ4v) is 10.5. The number of anilines is 1. The van der Waals surface area contributed by atoms with E-state index >= 15 is 0 Å². The number of Topliss-reactive ketones (excluding diaryl/α,β-unsaturated/α-hetero) is 1. The molecule has 30 heteroatoms. The molecule has 0 aromatic heterocycles. The van der Waals surface area contributed by atoms with E-state index in [1.54, 1.807) is 39.5 Å². The highest BCUT2D eigenvalue weighted by molar-refractivity contribution is 7.51. The molecular formula is C69H108N9O20P. The zero-order chi connectivity index (χ0) is 71.9. The van der Waals surface area contributed by atoms with Crippen LogP contribution in [0.1, 0.15) is 122 Å². The molecule has 1 heterocycles. The first-order valence-corrected chi connectivity index (χ1v) is 36.2. The van der Waals surface area contributed by atoms with Crippen LogP contribution in [0, 0.1) is 29.2 Å². The Kier molecular flexibility index (Phi) is 43.4. The van der Waals surface area contributed by atoms with Crippen LogP contribution in [0.3, 0.4) is 0 Å². The quantitative estimate of drug-likeness (QED) is 0.0192. The summed E-state index contributed by atoms with van der Waals surface area (Å²) in [6.45, 7) is 14.6. The lowest BCUT2D eigenvalue weighted by molar-refractivity contribution is -0.134. The summed E-state index contributed by atoms with van der Waals surface area (Å²) in [5.74, 6) is 3.17. The smallest absolute Gasteiger partial charge is 0.327 e. The second-order valence-corrected chi connectivity index (χ2v) is 26.0. The maximum Gasteiger partial charge on any atom is 0.327 e. The van der Waals surface area contributed by atoms with Crippen LogP contribution in [0.2, 0.25) is 0 Å². The third kappa shape index (κ3) is 37.0. The van der Waals surface area contributed by atoms with E-state index in [-0.39, 0.29) is 140 Å². The molecule has 0 saturated heterocycles. The normalized spacial score (nSPS) is 15.5. The first-order valence-electron chi connectivity index (χ1n) is 34.4. The monoisotopic (exact) mass is 1410 g/mol. The number of allylic oxidation sites excluding steroid dienone is 1. The molecule has 1 aliphatic carbocycles. The molecule has 1 unspecified atom stereocenters. The van der Waals surface area contributed by atoms with Crippen LogP contribution in [0.4, 0.5) is 5.69 Å². The van der Waals surface area contributed by atoms with Crippen LogP contribution in [-0.2, 0) is 92.0 Å². The van der Waals surface area contributed by atoms with Gasteiger partial charge >= 0.3 is 7.60 Å². The Morgan fingerprint density at radius 1 is 0.596 bits per heavy atom. The van der Waals surface area contributed by atoms with Crippen molar-refractivity contribution >= 4 is 54.5 Å². The predicted octanol–water partition coefficient (Wildman–Crippen LogP) is 4.37. The van der Waals surface area contributed by atoms with Gasteiger partial charge in [-0.1, -0.05) is 82.7 Å². The number of carbonyl (C=O) groups is 7. The summed E-state index contributed by atoms with van der Waals surface area (Å²) in [4.78, 5) is 112. The third-order valence-electron chi connectivity index (χ3n) is 15.5. The number of para-hydroxylation sites is 1. The molecule has 0 spiro atoms. The van der Waals surface area contributed by atoms with Gasteiger partial charge in [0.2, 0.25) is 35.4 Å². The first-order chi connectivity index (χ1) is 47.8. The van der Waals surface area contributed by atoms with Crippen LogP contribution in [0.5, 0.6) is 0 Å². The van der Waals surface area contributed by atoms with Crippen molar-refractivity contribution in [1.82, 2.24) is 31.9 Å². The lowest BCUT2D eigenvalue weighted by Crippen LogP contribution is -2.57. The fourth-order valence-electron chi connectivity index (χ4n) is 10.2. The van der Waals surface area contributed by atoms with E-state index in [1.165, 1.54) is 0 Å². The van der Waals surface area contributed by atoms with Gasteiger partial charge in [-0.3, -0.25) is 38.1 Å². The molecule has 2 aromatic carbocycles. The highest BCUT2D eigenvalue weighted by atomic mass is 31.2. The standard InChI is InChI=1S/C69H108N9O20P/c1-51(2)65(69(85)74-53(5)67(83)52(3)4)76-68(84)58(19-13-14-27-72-63(81)50-98-60-21-8-6-7-18-57(66(60)77-70)71-28-31-90-34-37-93-41-42-95-43-44-96-45-46-97-47-48-99(86,87)88)75-62(80)26-30-89-33-36-92-39-40-94-38-35-91-32-29-73-61(79)24-25-64(82)78-49-56-17-10-9-15-54(56)22-23-55-16-11-12-20-59(55)78/h9-12,15-17,20,51-53,58,60,65,70-71H,6-8,13-14,18-19,21,24-50H2,1-5H3,(H,72,81)(H,73,79)(H,74,85)(H,75,80)(H,76,84)(H2,86,87,88)/b66-57-,77-70?/t53-,58+,60?,65-/m0/s1. The maximum atomic E-state index is 13.9. The van der Waals surface area contributed by atoms with Crippen LogP contribution in [0.25, 0.3) is 0 Å². The molecular weight excluding hydrogens is 1310 g/mol. The van der Waals surface area contributed by atoms with Crippen molar-refractivity contribution in [3.63, 3.8) is 0 Å². The van der Waals surface area contributed by atoms with E-state index in [2.05, 4.69) is 48.9 Å². The molecule has 4 rings (SSSR count). The van der Waals surface area contributed by atoms with E-state index in [9.17, 15) is 38.1 Å². The minimum atomic E-state index is -4.07. The summed E-state index contributed by atoms with van der Waals surface area (Å²) >= 11 is 0. The van der Waals surface area contributed by atoms with Crippen LogP contribution in [0.15, 0.2) is 65.0 Å². The largest absolute Gasteiger partial charge is 0.384 e. The number of ether oxygens (including phenoxy) is 10. The van der Waals surface area contributed by atoms with Crippen molar-refractivity contribution < 1.29 is 95.3 Å². The van der Waals surface area contributed by atoms with E-state index in [4.69, 9.17) is 62.7 Å². The molecule has 0 radical (unpaired) electrons. The molecule has 6 amide bonds. The zero-order valence-electron chi connectivity index (χ0n) is 58.4. The average Bonchev–Trinajstić information content (AvgIpc) is 0.810. The van der Waals surface area contributed by atoms with Crippen molar-refractivity contribution in [2.75, 3.05) is 156 Å². The number of nitrogens with zero attached hydrogens (tertiary/aromatic N) is 2. The van der Waals surface area contributed by atoms with Gasteiger partial charge in [-0.05, 0) is 75.1 Å². The van der Waals surface area contributed by atoms with Crippen molar-refractivity contribution in [2.45, 2.75) is 136 Å². The minimum absolute atomic E-state index is 0.0283. The van der Waals surface area contributed by atoms with Crippen molar-refractivity contribution in [3.8, 4) is 11.8 Å². The minimum Gasteiger partial charge on any atom is -0.384 e. The highest BCUT2D eigenvalue weighted by Gasteiger charge is 2.31. The van der Waals surface area contributed by atoms with Gasteiger partial charge in [0.25, 0.3) is 0 Å². The second-order valence-electron chi connectivity index (χ2n) is 24.2. The summed E-state index contributed by atoms with van der Waals surface area (Å²) in [7, 11) is -4.07. The Hall–Kier alpha value is -6.62. The van der Waals surface area contributed by atoms with Crippen molar-refractivity contribution in [1.29, 1.82) is 5.53 Å². The number of hydrogen-bond donors (Lipinski definition) is 9. The molecule has 2 aromatic rings. The second kappa shape index (κ2) is 50.7. The Morgan fingerprint density at radius 3 is 1.76 bits per heavy atom. The molecule has 29 nitrogen and oxygen atoms in total. The number of fused-ring (bicyclic) bond motifs is 2. The lowest BCUT2D eigenvalue weighted by Gasteiger charge is -2.27. The maximum absolute atomic E-state index is 13.9. The van der Waals surface area contributed by atoms with Gasteiger partial charge in [0.05, 0.1) is 143 Å². The Balaban J connectivity index is 1.09. The average molecular weight is 1410 g/mol. The predicted molar refractivity (Wildman–Crippen MR) is 367 cm³/mol. The number of rotatable bonds is 54. The van der Waals surface area contributed by atoms with Crippen molar-refractivity contribution in [2.24, 2.45) is 17.0 Å². The van der Waals surface area contributed by atoms with Gasteiger partial charge in [-0.25, -0.2) is 5.53 Å². The molecule has 4 atom stereocenters. The molecule has 554 valence electrons. The van der Waals surface area contributed by atoms with Crippen LogP contribution < -0.4 is 36.8 Å². The third-order valence-corrected chi connectivity index (χ3v) is 16.3. The number of carbonyl (C=O) groups excluding carboxylic acids is 7. The van der Waals surface area contributed by atoms with E-state index < -0.39 is 49.5 Å². The van der Waals surface area contributed by atoms with Crippen LogP contribution >= 0.6 is 7.60 Å². The van der Waals surface area contributed by atoms with Gasteiger partial charge in [0, 0.05) is 61.6 Å². The number of benzene rings is 2. The summed E-state index contributed by atoms with van der Waals surface area (Å²) in [6.07, 6.45) is 3.98. The molecule has 1 aliphatic heterocycles. The molecule has 2 aliphatic rings. The summed E-state index contributed by atoms with van der Waals surface area (Å²) in [5.41, 5.74) is 12.5. The van der Waals surface area contributed by atoms with E-state index in [0.29, 0.717) is 116 Å². The molecule has 99 heavy (non-hydrogen) atoms. The number of nitrogens with one attached hydrogen (secondary N) is 7. The number of ketones is 1. The number of hydrogen-bond acceptors (Lipinski definition) is 21. The van der Waals surface area contributed by atoms with Gasteiger partial charge in [-0.2, -0.15) is 5.11 Å². The van der Waals surface area contributed by atoms with E-state index in [1.807, 2.05) is 48.5 Å². The van der Waals surface area contributed by atoms with E-state index in [0.717, 1.165) is 41.6 Å². The zero-order valence-corrected chi connectivity index (χ0v) is 59.3. The summed E-state index contributed by atoms with van der Waals surface area (Å²) < 4.78 is 66.5. The number of unbranched alkanes of at least 4 members (excludes halogenated alkanes) is 1. The Labute approximate surface area is 582 Å². The number of amides is 6. The fraction of sp³-hybridized carbons (Fsp3) is 0.667.